The third kappa shape index (κ3) is 3.17. The van der Waals surface area contributed by atoms with E-state index in [1.54, 1.807) is 6.07 Å². The van der Waals surface area contributed by atoms with Gasteiger partial charge in [-0.3, -0.25) is 0 Å². The van der Waals surface area contributed by atoms with Crippen molar-refractivity contribution in [1.29, 1.82) is 0 Å². The van der Waals surface area contributed by atoms with Crippen LogP contribution in [-0.4, -0.2) is 40.0 Å². The van der Waals surface area contributed by atoms with Gasteiger partial charge in [-0.2, -0.15) is 0 Å². The molecule has 1 fully saturated rings. The number of aromatic nitrogens is 2. The van der Waals surface area contributed by atoms with Gasteiger partial charge in [0, 0.05) is 37.5 Å². The Kier molecular flexibility index (Phi) is 4.38. The molecule has 0 unspecified atom stereocenters. The molecule has 1 aliphatic carbocycles. The molecule has 0 N–H and O–H groups in total. The Hall–Kier alpha value is -0.840. The second kappa shape index (κ2) is 6.11. The van der Waals surface area contributed by atoms with E-state index in [1.807, 2.05) is 0 Å². The van der Waals surface area contributed by atoms with E-state index in [4.69, 9.17) is 23.2 Å². The van der Waals surface area contributed by atoms with Crippen LogP contribution in [0.1, 0.15) is 18.7 Å². The van der Waals surface area contributed by atoms with Crippen molar-refractivity contribution in [1.82, 2.24) is 14.5 Å². The van der Waals surface area contributed by atoms with Gasteiger partial charge in [0.1, 0.15) is 11.6 Å². The highest BCUT2D eigenvalue weighted by Gasteiger charge is 2.26. The maximum atomic E-state index is 13.8. The lowest BCUT2D eigenvalue weighted by Gasteiger charge is -2.17. The van der Waals surface area contributed by atoms with Crippen molar-refractivity contribution in [2.45, 2.75) is 31.8 Å². The maximum Gasteiger partial charge on any atom is 0.144 e. The largest absolute Gasteiger partial charge is 0.327 e. The van der Waals surface area contributed by atoms with E-state index in [2.05, 4.69) is 21.5 Å². The molecular weight excluding hydrogens is 312 g/mol. The Bertz CT molecular complexity index is 652. The third-order valence-electron chi connectivity index (χ3n) is 4.03. The van der Waals surface area contributed by atoms with Crippen LogP contribution in [0.15, 0.2) is 12.1 Å². The maximum absolute atomic E-state index is 13.8. The van der Waals surface area contributed by atoms with Crippen molar-refractivity contribution >= 4 is 34.2 Å². The van der Waals surface area contributed by atoms with Gasteiger partial charge in [0.15, 0.2) is 0 Å². The lowest BCUT2D eigenvalue weighted by molar-refractivity contribution is 0.309. The molecule has 0 amide bonds. The number of fused-ring (bicyclic) bond motifs is 1. The number of rotatable bonds is 6. The number of hydrogen-bond donors (Lipinski definition) is 0. The molecule has 0 radical (unpaired) electrons. The van der Waals surface area contributed by atoms with Crippen LogP contribution in [0.25, 0.3) is 11.0 Å². The fourth-order valence-corrected chi connectivity index (χ4v) is 2.98. The van der Waals surface area contributed by atoms with Crippen molar-refractivity contribution in [2.24, 2.45) is 0 Å². The van der Waals surface area contributed by atoms with Gasteiger partial charge in [-0.25, -0.2) is 9.37 Å². The molecule has 3 nitrogen and oxygen atoms in total. The highest BCUT2D eigenvalue weighted by atomic mass is 35.5. The minimum Gasteiger partial charge on any atom is -0.327 e. The second-order valence-electron chi connectivity index (χ2n) is 5.59. The predicted octanol–water partition coefficient (Wildman–Crippen LogP) is 3.70. The Balaban J connectivity index is 1.92. The normalized spacial score (nSPS) is 15.3. The summed E-state index contributed by atoms with van der Waals surface area (Å²) in [5.41, 5.74) is 1.52. The van der Waals surface area contributed by atoms with Gasteiger partial charge in [0.2, 0.25) is 0 Å². The summed E-state index contributed by atoms with van der Waals surface area (Å²) in [6, 6.07) is 3.77. The van der Waals surface area contributed by atoms with Gasteiger partial charge < -0.3 is 9.47 Å². The summed E-state index contributed by atoms with van der Waals surface area (Å²) in [5, 5.41) is 0.111. The molecule has 0 saturated heterocycles. The van der Waals surface area contributed by atoms with Crippen LogP contribution in [0.4, 0.5) is 4.39 Å². The number of aryl methyl sites for hydroxylation is 1. The summed E-state index contributed by atoms with van der Waals surface area (Å²) in [6.45, 7) is 1.71. The summed E-state index contributed by atoms with van der Waals surface area (Å²) in [5.74, 6) is 0.988. The molecular formula is C15H18Cl2FN3. The lowest BCUT2D eigenvalue weighted by atomic mass is 10.3. The summed E-state index contributed by atoms with van der Waals surface area (Å²) < 4.78 is 15.8. The van der Waals surface area contributed by atoms with Crippen molar-refractivity contribution in [3.8, 4) is 0 Å². The van der Waals surface area contributed by atoms with Gasteiger partial charge in [-0.1, -0.05) is 11.6 Å². The first-order chi connectivity index (χ1) is 10.1. The van der Waals surface area contributed by atoms with E-state index in [0.717, 1.165) is 29.9 Å². The van der Waals surface area contributed by atoms with Gasteiger partial charge in [0.25, 0.3) is 0 Å². The first-order valence-corrected chi connectivity index (χ1v) is 8.11. The quantitative estimate of drug-likeness (QED) is 0.753. The molecule has 6 heteroatoms. The standard InChI is InChI=1S/C15H18Cl2FN3/c1-20(10-2-3-10)6-7-21-14-9-12(18)11(17)8-13(14)19-15(21)4-5-16/h8-10H,2-7H2,1H3. The Morgan fingerprint density at radius 1 is 1.43 bits per heavy atom. The summed E-state index contributed by atoms with van der Waals surface area (Å²) >= 11 is 11.7. The SMILES string of the molecule is CN(CCn1c(CCCl)nc2cc(Cl)c(F)cc21)C1CC1. The molecule has 3 rings (SSSR count). The number of likely N-dealkylation sites (N-methyl/N-ethyl adjacent to an activating group) is 1. The monoisotopic (exact) mass is 329 g/mol. The van der Waals surface area contributed by atoms with Crippen LogP contribution in [0, 0.1) is 5.82 Å². The Morgan fingerprint density at radius 3 is 2.86 bits per heavy atom. The molecule has 1 heterocycles. The van der Waals surface area contributed by atoms with Gasteiger partial charge >= 0.3 is 0 Å². The Morgan fingerprint density at radius 2 is 2.19 bits per heavy atom. The fraction of sp³-hybridized carbons (Fsp3) is 0.533. The molecule has 1 saturated carbocycles. The molecule has 1 aromatic carbocycles. The van der Waals surface area contributed by atoms with E-state index >= 15 is 0 Å². The summed E-state index contributed by atoms with van der Waals surface area (Å²) in [7, 11) is 2.13. The average Bonchev–Trinajstić information content (AvgIpc) is 3.24. The summed E-state index contributed by atoms with van der Waals surface area (Å²) in [6.07, 6.45) is 3.22. The van der Waals surface area contributed by atoms with Crippen molar-refractivity contribution in [3.05, 3.63) is 28.8 Å². The summed E-state index contributed by atoms with van der Waals surface area (Å²) in [4.78, 5) is 6.90. The smallest absolute Gasteiger partial charge is 0.144 e. The first-order valence-electron chi connectivity index (χ1n) is 7.20. The minimum absolute atomic E-state index is 0.111. The molecule has 0 spiro atoms. The zero-order valence-electron chi connectivity index (χ0n) is 12.0. The van der Waals surface area contributed by atoms with Crippen LogP contribution >= 0.6 is 23.2 Å². The van der Waals surface area contributed by atoms with Gasteiger partial charge in [0.05, 0.1) is 16.1 Å². The lowest BCUT2D eigenvalue weighted by Crippen LogP contribution is -2.25. The highest BCUT2D eigenvalue weighted by molar-refractivity contribution is 6.31. The molecule has 1 aliphatic rings. The highest BCUT2D eigenvalue weighted by Crippen LogP contribution is 2.27. The molecule has 0 bridgehead atoms. The first kappa shape index (κ1) is 15.1. The zero-order valence-corrected chi connectivity index (χ0v) is 13.5. The third-order valence-corrected chi connectivity index (χ3v) is 4.51. The van der Waals surface area contributed by atoms with Crippen LogP contribution in [0.5, 0.6) is 0 Å². The van der Waals surface area contributed by atoms with E-state index in [0.29, 0.717) is 18.3 Å². The topological polar surface area (TPSA) is 21.1 Å². The van der Waals surface area contributed by atoms with Crippen LogP contribution in [0.3, 0.4) is 0 Å². The van der Waals surface area contributed by atoms with Crippen LogP contribution in [-0.2, 0) is 13.0 Å². The number of hydrogen-bond acceptors (Lipinski definition) is 2. The predicted molar refractivity (Wildman–Crippen MR) is 84.8 cm³/mol. The number of nitrogens with zero attached hydrogens (tertiary/aromatic N) is 3. The fourth-order valence-electron chi connectivity index (χ4n) is 2.65. The van der Waals surface area contributed by atoms with E-state index in [9.17, 15) is 4.39 Å². The molecule has 0 atom stereocenters. The minimum atomic E-state index is -0.404. The number of alkyl halides is 1. The number of benzene rings is 1. The van der Waals surface area contributed by atoms with Crippen molar-refractivity contribution in [2.75, 3.05) is 19.5 Å². The van der Waals surface area contributed by atoms with E-state index in [1.165, 1.54) is 18.9 Å². The van der Waals surface area contributed by atoms with Crippen molar-refractivity contribution < 1.29 is 4.39 Å². The zero-order chi connectivity index (χ0) is 15.0. The van der Waals surface area contributed by atoms with E-state index < -0.39 is 5.82 Å². The number of halogens is 3. The Labute approximate surface area is 133 Å². The number of imidazole rings is 1. The van der Waals surface area contributed by atoms with E-state index in [-0.39, 0.29) is 5.02 Å². The molecule has 1 aromatic heterocycles. The molecule has 0 aliphatic heterocycles. The van der Waals surface area contributed by atoms with Gasteiger partial charge in [-0.15, -0.1) is 11.6 Å². The van der Waals surface area contributed by atoms with Crippen molar-refractivity contribution in [3.63, 3.8) is 0 Å². The molecule has 114 valence electrons. The average molecular weight is 330 g/mol. The van der Waals surface area contributed by atoms with Crippen LogP contribution < -0.4 is 0 Å². The van der Waals surface area contributed by atoms with Crippen LogP contribution in [0.2, 0.25) is 5.02 Å². The van der Waals surface area contributed by atoms with Gasteiger partial charge in [-0.05, 0) is 26.0 Å². The molecule has 2 aromatic rings. The molecule has 21 heavy (non-hydrogen) atoms. The second-order valence-corrected chi connectivity index (χ2v) is 6.37.